The fraction of sp³-hybridized carbons (Fsp3) is 0.214. The van der Waals surface area contributed by atoms with Crippen LogP contribution in [0.2, 0.25) is 0 Å². The Morgan fingerprint density at radius 2 is 2.00 bits per heavy atom. The van der Waals surface area contributed by atoms with E-state index in [1.807, 2.05) is 12.1 Å². The first kappa shape index (κ1) is 11.6. The van der Waals surface area contributed by atoms with Crippen molar-refractivity contribution in [2.24, 2.45) is 0 Å². The Kier molecular flexibility index (Phi) is 3.70. The third-order valence-corrected chi connectivity index (χ3v) is 2.46. The molecule has 0 unspecified atom stereocenters. The van der Waals surface area contributed by atoms with Crippen LogP contribution in [0, 0.1) is 11.9 Å². The number of benzene rings is 1. The van der Waals surface area contributed by atoms with Crippen LogP contribution in [0.15, 0.2) is 42.6 Å². The molecule has 0 atom stereocenters. The molecule has 1 aromatic heterocycles. The van der Waals surface area contributed by atoms with Crippen LogP contribution in [0.3, 0.4) is 0 Å². The predicted octanol–water partition coefficient (Wildman–Crippen LogP) is 3.57. The third-order valence-electron chi connectivity index (χ3n) is 2.46. The summed E-state index contributed by atoms with van der Waals surface area (Å²) in [6, 6.07) is 13.1. The van der Waals surface area contributed by atoms with Gasteiger partial charge in [0.2, 0.25) is 0 Å². The van der Waals surface area contributed by atoms with Crippen LogP contribution in [0.1, 0.15) is 13.3 Å². The summed E-state index contributed by atoms with van der Waals surface area (Å²) in [4.78, 5) is 6.34. The Labute approximate surface area is 101 Å². The van der Waals surface area contributed by atoms with Crippen LogP contribution in [-0.2, 0) is 0 Å². The molecule has 1 aromatic carbocycles. The minimum atomic E-state index is -0.223. The van der Waals surface area contributed by atoms with E-state index in [1.165, 1.54) is 12.1 Å². The summed E-state index contributed by atoms with van der Waals surface area (Å²) in [7, 11) is 0. The normalized spacial score (nSPS) is 10.2. The van der Waals surface area contributed by atoms with Gasteiger partial charge >= 0.3 is 0 Å². The lowest BCUT2D eigenvalue weighted by Gasteiger charge is -2.23. The van der Waals surface area contributed by atoms with Crippen molar-refractivity contribution in [2.45, 2.75) is 13.3 Å². The summed E-state index contributed by atoms with van der Waals surface area (Å²) in [5.74, 6) is 0.636. The van der Waals surface area contributed by atoms with Gasteiger partial charge in [0.05, 0.1) is 0 Å². The lowest BCUT2D eigenvalue weighted by Crippen LogP contribution is -2.18. The number of halogens is 1. The standard InChI is InChI=1S/C14H14FN2/c1-2-11-17(14-5-3-4-10-16-14)13-8-6-12(15)7-9-13/h3,5-10H,2,11H2,1H3. The van der Waals surface area contributed by atoms with Gasteiger partial charge in [-0.25, -0.2) is 9.37 Å². The van der Waals surface area contributed by atoms with Crippen LogP contribution >= 0.6 is 0 Å². The zero-order valence-electron chi connectivity index (χ0n) is 9.73. The van der Waals surface area contributed by atoms with E-state index in [0.29, 0.717) is 0 Å². The Balaban J connectivity index is 2.32. The van der Waals surface area contributed by atoms with E-state index in [4.69, 9.17) is 0 Å². The van der Waals surface area contributed by atoms with Gasteiger partial charge in [-0.3, -0.25) is 0 Å². The maximum Gasteiger partial charge on any atom is 0.132 e. The minimum absolute atomic E-state index is 0.223. The molecule has 1 heterocycles. The number of rotatable bonds is 4. The summed E-state index contributed by atoms with van der Waals surface area (Å²) in [6.07, 6.45) is 2.64. The Morgan fingerprint density at radius 3 is 2.59 bits per heavy atom. The summed E-state index contributed by atoms with van der Waals surface area (Å²) >= 11 is 0. The van der Waals surface area contributed by atoms with E-state index in [0.717, 1.165) is 24.5 Å². The highest BCUT2D eigenvalue weighted by molar-refractivity contribution is 5.59. The van der Waals surface area contributed by atoms with Gasteiger partial charge in [-0.1, -0.05) is 6.92 Å². The van der Waals surface area contributed by atoms with Crippen LogP contribution in [-0.4, -0.2) is 11.5 Å². The van der Waals surface area contributed by atoms with Gasteiger partial charge in [0.1, 0.15) is 11.6 Å². The van der Waals surface area contributed by atoms with E-state index in [-0.39, 0.29) is 5.82 Å². The van der Waals surface area contributed by atoms with Gasteiger partial charge in [-0.15, -0.1) is 0 Å². The number of aromatic nitrogens is 1. The van der Waals surface area contributed by atoms with Crippen molar-refractivity contribution >= 4 is 11.5 Å². The molecule has 0 aliphatic heterocycles. The van der Waals surface area contributed by atoms with Crippen molar-refractivity contribution in [1.29, 1.82) is 0 Å². The summed E-state index contributed by atoms with van der Waals surface area (Å²) in [5.41, 5.74) is 0.951. The van der Waals surface area contributed by atoms with Crippen molar-refractivity contribution in [3.63, 3.8) is 0 Å². The van der Waals surface area contributed by atoms with Crippen LogP contribution in [0.4, 0.5) is 15.9 Å². The highest BCUT2D eigenvalue weighted by Crippen LogP contribution is 2.23. The van der Waals surface area contributed by atoms with E-state index in [1.54, 1.807) is 18.3 Å². The van der Waals surface area contributed by atoms with E-state index in [2.05, 4.69) is 22.9 Å². The summed E-state index contributed by atoms with van der Waals surface area (Å²) < 4.78 is 12.9. The molecular weight excluding hydrogens is 215 g/mol. The minimum Gasteiger partial charge on any atom is -0.326 e. The molecule has 0 aliphatic rings. The number of anilines is 2. The van der Waals surface area contributed by atoms with Gasteiger partial charge in [0, 0.05) is 24.5 Å². The van der Waals surface area contributed by atoms with Crippen LogP contribution < -0.4 is 4.90 Å². The molecular formula is C14H14FN2. The lowest BCUT2D eigenvalue weighted by molar-refractivity contribution is 0.627. The summed E-state index contributed by atoms with van der Waals surface area (Å²) in [6.45, 7) is 2.95. The second-order valence-corrected chi connectivity index (χ2v) is 3.74. The van der Waals surface area contributed by atoms with Gasteiger partial charge in [0.25, 0.3) is 0 Å². The lowest BCUT2D eigenvalue weighted by atomic mass is 10.2. The van der Waals surface area contributed by atoms with Crippen LogP contribution in [0.5, 0.6) is 0 Å². The highest BCUT2D eigenvalue weighted by Gasteiger charge is 2.08. The maximum atomic E-state index is 12.9. The van der Waals surface area contributed by atoms with Crippen LogP contribution in [0.25, 0.3) is 0 Å². The Morgan fingerprint density at radius 1 is 1.24 bits per heavy atom. The average Bonchev–Trinajstić information content (AvgIpc) is 2.38. The van der Waals surface area contributed by atoms with Gasteiger partial charge in [-0.2, -0.15) is 0 Å². The first-order valence-electron chi connectivity index (χ1n) is 5.66. The zero-order valence-corrected chi connectivity index (χ0v) is 9.73. The fourth-order valence-electron chi connectivity index (χ4n) is 1.69. The quantitative estimate of drug-likeness (QED) is 0.796. The third kappa shape index (κ3) is 2.81. The van der Waals surface area contributed by atoms with Crippen molar-refractivity contribution < 1.29 is 4.39 Å². The molecule has 1 radical (unpaired) electrons. The fourth-order valence-corrected chi connectivity index (χ4v) is 1.69. The number of hydrogen-bond acceptors (Lipinski definition) is 2. The molecule has 0 saturated carbocycles. The summed E-state index contributed by atoms with van der Waals surface area (Å²) in [5, 5.41) is 0. The molecule has 0 saturated heterocycles. The number of hydrogen-bond donors (Lipinski definition) is 0. The van der Waals surface area contributed by atoms with Gasteiger partial charge in [0.15, 0.2) is 0 Å². The smallest absolute Gasteiger partial charge is 0.132 e. The molecule has 0 bridgehead atoms. The molecule has 17 heavy (non-hydrogen) atoms. The molecule has 3 heteroatoms. The Hall–Kier alpha value is -1.90. The molecule has 2 nitrogen and oxygen atoms in total. The van der Waals surface area contributed by atoms with Crippen molar-refractivity contribution in [2.75, 3.05) is 11.4 Å². The SMILES string of the molecule is CCCN(c1ccc(F)cc1)c1cc[c]cn1. The second kappa shape index (κ2) is 5.43. The average molecular weight is 229 g/mol. The molecule has 0 spiro atoms. The van der Waals surface area contributed by atoms with Gasteiger partial charge in [-0.05, 0) is 42.8 Å². The van der Waals surface area contributed by atoms with Crippen molar-refractivity contribution in [3.8, 4) is 0 Å². The van der Waals surface area contributed by atoms with E-state index < -0.39 is 0 Å². The van der Waals surface area contributed by atoms with Crippen molar-refractivity contribution in [3.05, 3.63) is 54.5 Å². The number of nitrogens with zero attached hydrogens (tertiary/aromatic N) is 2. The topological polar surface area (TPSA) is 16.1 Å². The highest BCUT2D eigenvalue weighted by atomic mass is 19.1. The van der Waals surface area contributed by atoms with E-state index in [9.17, 15) is 4.39 Å². The maximum absolute atomic E-state index is 12.9. The number of pyridine rings is 1. The first-order chi connectivity index (χ1) is 8.31. The first-order valence-corrected chi connectivity index (χ1v) is 5.66. The van der Waals surface area contributed by atoms with Crippen molar-refractivity contribution in [1.82, 2.24) is 4.98 Å². The molecule has 87 valence electrons. The molecule has 0 fully saturated rings. The zero-order chi connectivity index (χ0) is 12.1. The van der Waals surface area contributed by atoms with Gasteiger partial charge < -0.3 is 4.90 Å². The molecule has 2 rings (SSSR count). The predicted molar refractivity (Wildman–Crippen MR) is 66.8 cm³/mol. The monoisotopic (exact) mass is 229 g/mol. The molecule has 0 amide bonds. The van der Waals surface area contributed by atoms with E-state index >= 15 is 0 Å². The second-order valence-electron chi connectivity index (χ2n) is 3.74. The Bertz CT molecular complexity index is 453. The molecule has 2 aromatic rings. The largest absolute Gasteiger partial charge is 0.326 e. The molecule has 0 aliphatic carbocycles. The molecule has 0 N–H and O–H groups in total.